The van der Waals surface area contributed by atoms with Crippen molar-refractivity contribution in [3.8, 4) is 23.0 Å². The van der Waals surface area contributed by atoms with E-state index < -0.39 is 29.7 Å². The van der Waals surface area contributed by atoms with Crippen molar-refractivity contribution in [1.29, 1.82) is 0 Å². The molecule has 1 aromatic carbocycles. The lowest BCUT2D eigenvalue weighted by Gasteiger charge is -2.13. The zero-order valence-corrected chi connectivity index (χ0v) is 7.02. The summed E-state index contributed by atoms with van der Waals surface area (Å²) in [5.41, 5.74) is 4.67. The molecule has 0 amide bonds. The molecule has 0 fully saturated rings. The number of nitrogens with one attached hydrogen (secondary N) is 1. The predicted molar refractivity (Wildman–Crippen MR) is 48.2 cm³/mol. The minimum absolute atomic E-state index is 0.250. The van der Waals surface area contributed by atoms with Crippen LogP contribution in [0, 0.1) is 0 Å². The van der Waals surface area contributed by atoms with Gasteiger partial charge in [-0.15, -0.1) is 0 Å². The van der Waals surface area contributed by atoms with Crippen molar-refractivity contribution in [2.45, 2.75) is 0 Å². The summed E-state index contributed by atoms with van der Waals surface area (Å²) in [6.07, 6.45) is 0. The van der Waals surface area contributed by atoms with E-state index in [1.165, 1.54) is 0 Å². The van der Waals surface area contributed by atoms with E-state index in [0.29, 0.717) is 0 Å². The molecule has 0 aliphatic carbocycles. The van der Waals surface area contributed by atoms with Crippen molar-refractivity contribution in [1.82, 2.24) is 0 Å². The van der Waals surface area contributed by atoms with E-state index in [0.717, 1.165) is 0 Å². The highest BCUT2D eigenvalue weighted by Crippen LogP contribution is 2.51. The quantitative estimate of drug-likeness (QED) is 0.148. The van der Waals surface area contributed by atoms with E-state index in [9.17, 15) is 5.11 Å². The average molecular weight is 202 g/mol. The van der Waals surface area contributed by atoms with Crippen LogP contribution in [-0.4, -0.2) is 32.3 Å². The Labute approximate surface area is 78.7 Å². The van der Waals surface area contributed by atoms with Gasteiger partial charge in [-0.3, -0.25) is 0 Å². The lowest BCUT2D eigenvalue weighted by Crippen LogP contribution is -2.03. The molecule has 7 nitrogen and oxygen atoms in total. The zero-order chi connectivity index (χ0) is 10.9. The standard InChI is InChI=1S/C7H10N2O5/c8-2-3(9-1-10)5(12)7(14)6(13)4(2)11/h9-14H,1,8H2. The van der Waals surface area contributed by atoms with Gasteiger partial charge in [0.25, 0.3) is 0 Å². The predicted octanol–water partition coefficient (Wildman–Crippen LogP) is -0.547. The van der Waals surface area contributed by atoms with Crippen LogP contribution < -0.4 is 11.1 Å². The summed E-state index contributed by atoms with van der Waals surface area (Å²) in [6, 6.07) is 0. The van der Waals surface area contributed by atoms with Gasteiger partial charge in [-0.25, -0.2) is 0 Å². The lowest BCUT2D eigenvalue weighted by molar-refractivity contribution is 0.322. The first kappa shape index (κ1) is 10.1. The van der Waals surface area contributed by atoms with Crippen LogP contribution in [0.25, 0.3) is 0 Å². The number of nitrogens with two attached hydrogens (primary N) is 1. The molecule has 0 atom stereocenters. The molecule has 0 saturated carbocycles. The molecule has 0 bridgehead atoms. The Balaban J connectivity index is 3.43. The van der Waals surface area contributed by atoms with Crippen LogP contribution in [0.3, 0.4) is 0 Å². The molecular weight excluding hydrogens is 192 g/mol. The molecule has 0 saturated heterocycles. The minimum atomic E-state index is -0.913. The summed E-state index contributed by atoms with van der Waals surface area (Å²) in [7, 11) is 0. The number of aliphatic hydroxyl groups is 1. The molecule has 0 unspecified atom stereocenters. The maximum absolute atomic E-state index is 9.24. The third-order valence-corrected chi connectivity index (χ3v) is 1.69. The summed E-state index contributed by atoms with van der Waals surface area (Å²) < 4.78 is 0. The maximum Gasteiger partial charge on any atom is 0.206 e. The molecule has 0 aromatic heterocycles. The van der Waals surface area contributed by atoms with Crippen LogP contribution in [0.2, 0.25) is 0 Å². The second-order valence-corrected chi connectivity index (χ2v) is 2.52. The molecule has 78 valence electrons. The smallest absolute Gasteiger partial charge is 0.206 e. The van der Waals surface area contributed by atoms with E-state index in [2.05, 4.69) is 5.32 Å². The first-order valence-corrected chi connectivity index (χ1v) is 3.60. The van der Waals surface area contributed by atoms with Gasteiger partial charge in [-0.2, -0.15) is 0 Å². The number of phenolic OH excluding ortho intramolecular Hbond substituents is 4. The van der Waals surface area contributed by atoms with E-state index in [-0.39, 0.29) is 11.4 Å². The largest absolute Gasteiger partial charge is 0.503 e. The third kappa shape index (κ3) is 1.29. The number of hydrogen-bond acceptors (Lipinski definition) is 7. The van der Waals surface area contributed by atoms with E-state index >= 15 is 0 Å². The highest BCUT2D eigenvalue weighted by molar-refractivity contribution is 5.85. The minimum Gasteiger partial charge on any atom is -0.503 e. The van der Waals surface area contributed by atoms with Gasteiger partial charge in [0, 0.05) is 0 Å². The zero-order valence-electron chi connectivity index (χ0n) is 7.02. The summed E-state index contributed by atoms with van der Waals surface area (Å²) in [6.45, 7) is -0.554. The van der Waals surface area contributed by atoms with E-state index in [1.54, 1.807) is 0 Å². The van der Waals surface area contributed by atoms with Gasteiger partial charge in [-0.05, 0) is 0 Å². The van der Waals surface area contributed by atoms with Gasteiger partial charge in [-0.1, -0.05) is 0 Å². The van der Waals surface area contributed by atoms with Gasteiger partial charge in [0.2, 0.25) is 11.5 Å². The molecule has 0 aliphatic rings. The highest BCUT2D eigenvalue weighted by atomic mass is 16.3. The Morgan fingerprint density at radius 1 is 0.929 bits per heavy atom. The molecule has 7 heteroatoms. The fourth-order valence-corrected chi connectivity index (χ4v) is 0.974. The average Bonchev–Trinajstić information content (AvgIpc) is 2.19. The van der Waals surface area contributed by atoms with Crippen molar-refractivity contribution in [3.63, 3.8) is 0 Å². The van der Waals surface area contributed by atoms with Gasteiger partial charge in [0.15, 0.2) is 11.5 Å². The number of nitrogen functional groups attached to an aromatic ring is 1. The topological polar surface area (TPSA) is 139 Å². The fraction of sp³-hybridized carbons (Fsp3) is 0.143. The van der Waals surface area contributed by atoms with Crippen LogP contribution in [-0.2, 0) is 0 Å². The third-order valence-electron chi connectivity index (χ3n) is 1.69. The molecule has 1 aromatic rings. The molecule has 0 spiro atoms. The summed E-state index contributed by atoms with van der Waals surface area (Å²) >= 11 is 0. The monoisotopic (exact) mass is 202 g/mol. The normalized spacial score (nSPS) is 10.1. The van der Waals surface area contributed by atoms with Crippen LogP contribution in [0.4, 0.5) is 11.4 Å². The molecule has 0 aliphatic heterocycles. The first-order valence-electron chi connectivity index (χ1n) is 3.60. The van der Waals surface area contributed by atoms with Crippen molar-refractivity contribution in [2.75, 3.05) is 17.8 Å². The first-order chi connectivity index (χ1) is 6.50. The molecule has 8 N–H and O–H groups in total. The molecule has 0 radical (unpaired) electrons. The van der Waals surface area contributed by atoms with Crippen molar-refractivity contribution >= 4 is 11.4 Å². The van der Waals surface area contributed by atoms with Gasteiger partial charge in [0.05, 0.1) is 0 Å². The Morgan fingerprint density at radius 2 is 1.43 bits per heavy atom. The number of rotatable bonds is 2. The molecular formula is C7H10N2O5. The molecule has 0 heterocycles. The Hall–Kier alpha value is -2.02. The maximum atomic E-state index is 9.24. The van der Waals surface area contributed by atoms with Crippen LogP contribution >= 0.6 is 0 Å². The number of benzene rings is 1. The number of aromatic hydroxyl groups is 4. The number of hydrogen-bond donors (Lipinski definition) is 7. The molecule has 14 heavy (non-hydrogen) atoms. The second kappa shape index (κ2) is 3.38. The summed E-state index contributed by atoms with van der Waals surface area (Å²) in [4.78, 5) is 0. The Bertz CT molecular complexity index is 337. The summed E-state index contributed by atoms with van der Waals surface area (Å²) in [5, 5.41) is 47.2. The highest BCUT2D eigenvalue weighted by Gasteiger charge is 2.20. The summed E-state index contributed by atoms with van der Waals surface area (Å²) in [5.74, 6) is -3.33. The fourth-order valence-electron chi connectivity index (χ4n) is 0.974. The van der Waals surface area contributed by atoms with Gasteiger partial charge >= 0.3 is 0 Å². The van der Waals surface area contributed by atoms with Crippen LogP contribution in [0.15, 0.2) is 0 Å². The van der Waals surface area contributed by atoms with Crippen molar-refractivity contribution in [3.05, 3.63) is 0 Å². The Morgan fingerprint density at radius 3 is 1.93 bits per heavy atom. The Kier molecular flexibility index (Phi) is 2.43. The van der Waals surface area contributed by atoms with Crippen molar-refractivity contribution < 1.29 is 25.5 Å². The number of anilines is 2. The number of aliphatic hydroxyl groups excluding tert-OH is 1. The second-order valence-electron chi connectivity index (χ2n) is 2.52. The van der Waals surface area contributed by atoms with Crippen LogP contribution in [0.1, 0.15) is 0 Å². The van der Waals surface area contributed by atoms with Gasteiger partial charge in [0.1, 0.15) is 18.1 Å². The molecule has 1 rings (SSSR count). The van der Waals surface area contributed by atoms with Gasteiger partial charge < -0.3 is 36.6 Å². The van der Waals surface area contributed by atoms with E-state index in [4.69, 9.17) is 26.2 Å². The number of phenols is 4. The SMILES string of the molecule is Nc1c(O)c(O)c(O)c(O)c1NCO. The van der Waals surface area contributed by atoms with Crippen molar-refractivity contribution in [2.24, 2.45) is 0 Å². The lowest BCUT2D eigenvalue weighted by atomic mass is 10.2. The van der Waals surface area contributed by atoms with E-state index in [1.807, 2.05) is 0 Å². The van der Waals surface area contributed by atoms with Crippen LogP contribution in [0.5, 0.6) is 23.0 Å².